The van der Waals surface area contributed by atoms with Crippen LogP contribution >= 0.6 is 11.6 Å². The molecule has 1 unspecified atom stereocenters. The largest absolute Gasteiger partial charge is 0.507 e. The third-order valence-electron chi connectivity index (χ3n) is 5.58. The number of fused-ring (bicyclic) bond motifs is 1. The summed E-state index contributed by atoms with van der Waals surface area (Å²) in [4.78, 5) is 27.6. The molecule has 0 aliphatic carbocycles. The van der Waals surface area contributed by atoms with E-state index < -0.39 is 17.7 Å². The third-order valence-corrected chi connectivity index (χ3v) is 5.82. The van der Waals surface area contributed by atoms with E-state index in [4.69, 9.17) is 16.0 Å². The minimum absolute atomic E-state index is 0.0281. The molecule has 158 valence electrons. The molecule has 5 nitrogen and oxygen atoms in total. The van der Waals surface area contributed by atoms with Gasteiger partial charge in [0.05, 0.1) is 5.57 Å². The number of aliphatic hydroxyl groups is 1. The predicted molar refractivity (Wildman–Crippen MR) is 124 cm³/mol. The molecule has 1 aliphatic rings. The molecule has 0 radical (unpaired) electrons. The smallest absolute Gasteiger partial charge is 0.300 e. The van der Waals surface area contributed by atoms with E-state index in [0.29, 0.717) is 27.8 Å². The van der Waals surface area contributed by atoms with E-state index in [1.54, 1.807) is 55.5 Å². The summed E-state index contributed by atoms with van der Waals surface area (Å²) in [6.07, 6.45) is 0. The number of aliphatic hydroxyl groups excluding tert-OH is 1. The van der Waals surface area contributed by atoms with Crippen LogP contribution in [0.3, 0.4) is 0 Å². The van der Waals surface area contributed by atoms with E-state index in [2.05, 4.69) is 0 Å². The zero-order chi connectivity index (χ0) is 22.4. The van der Waals surface area contributed by atoms with Crippen LogP contribution in [0.4, 0.5) is 5.69 Å². The van der Waals surface area contributed by atoms with Crippen LogP contribution in [0.15, 0.2) is 88.9 Å². The number of hydrogen-bond acceptors (Lipinski definition) is 4. The standard InChI is InChI=1S/C26H18ClNO4/c1-15-9-12-21(32-15)23-22(24(29)18-11-10-16-5-2-3-6-17(16)13-18)25(30)26(31)28(23)20-8-4-7-19(27)14-20/h2-14,23,29H,1H3/b24-22-. The molecule has 0 saturated carbocycles. The summed E-state index contributed by atoms with van der Waals surface area (Å²) in [5.41, 5.74) is 0.858. The highest BCUT2D eigenvalue weighted by molar-refractivity contribution is 6.51. The average molecular weight is 444 g/mol. The molecule has 5 rings (SSSR count). The van der Waals surface area contributed by atoms with Gasteiger partial charge in [-0.15, -0.1) is 0 Å². The van der Waals surface area contributed by atoms with Crippen molar-refractivity contribution in [2.24, 2.45) is 0 Å². The maximum absolute atomic E-state index is 13.2. The van der Waals surface area contributed by atoms with Crippen molar-refractivity contribution in [2.75, 3.05) is 4.90 Å². The molecule has 32 heavy (non-hydrogen) atoms. The SMILES string of the molecule is Cc1ccc(C2/C(=C(/O)c3ccc4ccccc4c3)C(=O)C(=O)N2c2cccc(Cl)c2)o1. The van der Waals surface area contributed by atoms with Crippen molar-refractivity contribution in [1.29, 1.82) is 0 Å². The first-order chi connectivity index (χ1) is 15.4. The zero-order valence-corrected chi connectivity index (χ0v) is 17.8. The number of nitrogens with zero attached hydrogens (tertiary/aromatic N) is 1. The summed E-state index contributed by atoms with van der Waals surface area (Å²) in [6.45, 7) is 1.78. The number of anilines is 1. The molecule has 6 heteroatoms. The Hall–Kier alpha value is -3.83. The topological polar surface area (TPSA) is 70.8 Å². The molecule has 1 fully saturated rings. The highest BCUT2D eigenvalue weighted by Crippen LogP contribution is 2.43. The van der Waals surface area contributed by atoms with Crippen LogP contribution < -0.4 is 4.90 Å². The van der Waals surface area contributed by atoms with Gasteiger partial charge in [0.2, 0.25) is 0 Å². The van der Waals surface area contributed by atoms with E-state index in [1.807, 2.05) is 30.3 Å². The van der Waals surface area contributed by atoms with Crippen molar-refractivity contribution in [2.45, 2.75) is 13.0 Å². The van der Waals surface area contributed by atoms with Crippen molar-refractivity contribution in [3.8, 4) is 0 Å². The van der Waals surface area contributed by atoms with Crippen LogP contribution in [0.25, 0.3) is 16.5 Å². The van der Waals surface area contributed by atoms with Gasteiger partial charge < -0.3 is 9.52 Å². The van der Waals surface area contributed by atoms with Gasteiger partial charge in [-0.2, -0.15) is 0 Å². The molecule has 0 spiro atoms. The summed E-state index contributed by atoms with van der Waals surface area (Å²) < 4.78 is 5.81. The van der Waals surface area contributed by atoms with Crippen LogP contribution in [-0.2, 0) is 9.59 Å². The lowest BCUT2D eigenvalue weighted by Gasteiger charge is -2.23. The second-order valence-electron chi connectivity index (χ2n) is 7.66. The fourth-order valence-corrected chi connectivity index (χ4v) is 4.27. The molecular weight excluding hydrogens is 426 g/mol. The lowest BCUT2D eigenvalue weighted by Crippen LogP contribution is -2.29. The molecular formula is C26H18ClNO4. The van der Waals surface area contributed by atoms with Gasteiger partial charge in [0, 0.05) is 16.3 Å². The number of halogens is 1. The lowest BCUT2D eigenvalue weighted by molar-refractivity contribution is -0.132. The minimum Gasteiger partial charge on any atom is -0.507 e. The number of hydrogen-bond donors (Lipinski definition) is 1. The summed E-state index contributed by atoms with van der Waals surface area (Å²) in [6, 6.07) is 22.3. The number of rotatable bonds is 3. The maximum atomic E-state index is 13.2. The number of carbonyl (C=O) groups excluding carboxylic acids is 2. The number of ketones is 1. The van der Waals surface area contributed by atoms with Gasteiger partial charge >= 0.3 is 0 Å². The first-order valence-corrected chi connectivity index (χ1v) is 10.4. The Labute approximate surface area is 189 Å². The predicted octanol–water partition coefficient (Wildman–Crippen LogP) is 6.02. The van der Waals surface area contributed by atoms with Crippen LogP contribution in [0.2, 0.25) is 5.02 Å². The molecule has 1 N–H and O–H groups in total. The van der Waals surface area contributed by atoms with E-state index in [0.717, 1.165) is 10.8 Å². The van der Waals surface area contributed by atoms with E-state index in [1.165, 1.54) is 4.90 Å². The van der Waals surface area contributed by atoms with Gasteiger partial charge in [-0.3, -0.25) is 14.5 Å². The Balaban J connectivity index is 1.73. The van der Waals surface area contributed by atoms with Gasteiger partial charge in [0.25, 0.3) is 11.7 Å². The molecule has 1 aliphatic heterocycles. The Bertz CT molecular complexity index is 1420. The van der Waals surface area contributed by atoms with Crippen molar-refractivity contribution >= 4 is 45.5 Å². The summed E-state index contributed by atoms with van der Waals surface area (Å²) in [5, 5.41) is 13.6. The zero-order valence-electron chi connectivity index (χ0n) is 17.1. The normalized spacial score (nSPS) is 17.9. The summed E-state index contributed by atoms with van der Waals surface area (Å²) >= 11 is 6.15. The van der Waals surface area contributed by atoms with Gasteiger partial charge in [-0.1, -0.05) is 54.1 Å². The van der Waals surface area contributed by atoms with Crippen LogP contribution in [0.5, 0.6) is 0 Å². The molecule has 1 atom stereocenters. The number of amides is 1. The maximum Gasteiger partial charge on any atom is 0.300 e. The quantitative estimate of drug-likeness (QED) is 0.239. The fourth-order valence-electron chi connectivity index (χ4n) is 4.09. The molecule has 1 aromatic heterocycles. The Morgan fingerprint density at radius 3 is 2.44 bits per heavy atom. The molecule has 0 bridgehead atoms. The van der Waals surface area contributed by atoms with Crippen molar-refractivity contribution in [3.05, 3.63) is 107 Å². The Kier molecular flexibility index (Phi) is 4.83. The summed E-state index contributed by atoms with van der Waals surface area (Å²) in [7, 11) is 0. The molecule has 2 heterocycles. The first kappa shape index (κ1) is 20.1. The van der Waals surface area contributed by atoms with E-state index >= 15 is 0 Å². The monoisotopic (exact) mass is 443 g/mol. The average Bonchev–Trinajstić information content (AvgIpc) is 3.33. The number of carbonyl (C=O) groups is 2. The van der Waals surface area contributed by atoms with Gasteiger partial charge in [0.1, 0.15) is 23.3 Å². The second-order valence-corrected chi connectivity index (χ2v) is 8.10. The molecule has 4 aromatic rings. The van der Waals surface area contributed by atoms with Crippen LogP contribution in [0.1, 0.15) is 23.1 Å². The second kappa shape index (κ2) is 7.70. The summed E-state index contributed by atoms with van der Waals surface area (Å²) in [5.74, 6) is -0.785. The molecule has 3 aromatic carbocycles. The highest BCUT2D eigenvalue weighted by Gasteiger charge is 2.48. The van der Waals surface area contributed by atoms with E-state index in [9.17, 15) is 14.7 Å². The number of Topliss-reactive ketones (excluding diaryl/α,β-unsaturated/α-hetero) is 1. The van der Waals surface area contributed by atoms with Gasteiger partial charge in [0.15, 0.2) is 0 Å². The minimum atomic E-state index is -0.923. The van der Waals surface area contributed by atoms with E-state index in [-0.39, 0.29) is 11.3 Å². The highest BCUT2D eigenvalue weighted by atomic mass is 35.5. The Morgan fingerprint density at radius 2 is 1.72 bits per heavy atom. The molecule has 1 amide bonds. The third kappa shape index (κ3) is 3.27. The number of furan rings is 1. The fraction of sp³-hybridized carbons (Fsp3) is 0.0769. The van der Waals surface area contributed by atoms with Crippen LogP contribution in [0, 0.1) is 6.92 Å². The number of benzene rings is 3. The van der Waals surface area contributed by atoms with Crippen molar-refractivity contribution < 1.29 is 19.1 Å². The molecule has 1 saturated heterocycles. The van der Waals surface area contributed by atoms with Gasteiger partial charge in [-0.05, 0) is 54.1 Å². The van der Waals surface area contributed by atoms with Gasteiger partial charge in [-0.25, -0.2) is 0 Å². The number of aryl methyl sites for hydroxylation is 1. The van der Waals surface area contributed by atoms with Crippen molar-refractivity contribution in [1.82, 2.24) is 0 Å². The lowest BCUT2D eigenvalue weighted by atomic mass is 9.97. The Morgan fingerprint density at radius 1 is 0.938 bits per heavy atom. The van der Waals surface area contributed by atoms with Crippen molar-refractivity contribution in [3.63, 3.8) is 0 Å². The van der Waals surface area contributed by atoms with Crippen LogP contribution in [-0.4, -0.2) is 16.8 Å². The first-order valence-electron chi connectivity index (χ1n) is 10.1.